The fourth-order valence-electron chi connectivity index (χ4n) is 1.45. The van der Waals surface area contributed by atoms with Crippen molar-refractivity contribution in [3.8, 4) is 5.75 Å². The molecule has 0 aliphatic rings. The summed E-state index contributed by atoms with van der Waals surface area (Å²) < 4.78 is 6.55. The van der Waals surface area contributed by atoms with Crippen molar-refractivity contribution in [2.45, 2.75) is 5.33 Å². The molecule has 2 nitrogen and oxygen atoms in total. The number of hydrogen-bond acceptors (Lipinski definition) is 3. The monoisotopic (exact) mass is 271 g/mol. The van der Waals surface area contributed by atoms with E-state index >= 15 is 0 Å². The van der Waals surface area contributed by atoms with E-state index in [2.05, 4.69) is 15.9 Å². The number of anilines is 1. The summed E-state index contributed by atoms with van der Waals surface area (Å²) in [5, 5.41) is 1.95. The second-order valence-corrected chi connectivity index (χ2v) is 4.65. The quantitative estimate of drug-likeness (QED) is 0.671. The lowest BCUT2D eigenvalue weighted by atomic mass is 10.2. The van der Waals surface area contributed by atoms with Gasteiger partial charge < -0.3 is 10.5 Å². The number of rotatable bonds is 2. The third-order valence-corrected chi connectivity index (χ3v) is 4.13. The first-order valence-electron chi connectivity index (χ1n) is 4.17. The third-order valence-electron chi connectivity index (χ3n) is 2.06. The Balaban J connectivity index is 2.73. The Kier molecular flexibility index (Phi) is 2.65. The molecule has 0 atom stereocenters. The van der Waals surface area contributed by atoms with Gasteiger partial charge in [0, 0.05) is 21.1 Å². The van der Waals surface area contributed by atoms with Crippen molar-refractivity contribution in [2.24, 2.45) is 0 Å². The van der Waals surface area contributed by atoms with Gasteiger partial charge in [-0.1, -0.05) is 15.9 Å². The van der Waals surface area contributed by atoms with Crippen LogP contribution in [0.25, 0.3) is 10.1 Å². The standard InChI is InChI=1S/C10H10BrNOS/c1-13-10-7-3-2-6(12)4-8(7)14-9(10)5-11/h2-4H,5,12H2,1H3. The van der Waals surface area contributed by atoms with Crippen LogP contribution in [0, 0.1) is 0 Å². The van der Waals surface area contributed by atoms with Crippen LogP contribution in [-0.4, -0.2) is 7.11 Å². The van der Waals surface area contributed by atoms with Gasteiger partial charge in [-0.05, 0) is 18.2 Å². The van der Waals surface area contributed by atoms with Gasteiger partial charge in [0.1, 0.15) is 5.75 Å². The van der Waals surface area contributed by atoms with Crippen molar-refractivity contribution in [2.75, 3.05) is 12.8 Å². The molecule has 0 bridgehead atoms. The molecule has 0 saturated carbocycles. The lowest BCUT2D eigenvalue weighted by Crippen LogP contribution is -1.85. The van der Waals surface area contributed by atoms with Crippen LogP contribution in [0.2, 0.25) is 0 Å². The van der Waals surface area contributed by atoms with Gasteiger partial charge >= 0.3 is 0 Å². The number of alkyl halides is 1. The van der Waals surface area contributed by atoms with Gasteiger partial charge in [0.2, 0.25) is 0 Å². The molecule has 14 heavy (non-hydrogen) atoms. The van der Waals surface area contributed by atoms with Gasteiger partial charge in [0.05, 0.1) is 12.0 Å². The smallest absolute Gasteiger partial charge is 0.141 e. The highest BCUT2D eigenvalue weighted by Crippen LogP contribution is 2.39. The summed E-state index contributed by atoms with van der Waals surface area (Å²) in [6.45, 7) is 0. The molecule has 4 heteroatoms. The predicted molar refractivity (Wildman–Crippen MR) is 65.4 cm³/mol. The average molecular weight is 272 g/mol. The molecule has 0 saturated heterocycles. The Bertz CT molecular complexity index is 466. The van der Waals surface area contributed by atoms with Gasteiger partial charge in [-0.15, -0.1) is 11.3 Å². The van der Waals surface area contributed by atoms with Gasteiger partial charge in [-0.25, -0.2) is 0 Å². The summed E-state index contributed by atoms with van der Waals surface area (Å²) in [5.41, 5.74) is 6.51. The Labute approximate surface area is 94.8 Å². The zero-order valence-electron chi connectivity index (χ0n) is 7.71. The minimum Gasteiger partial charge on any atom is -0.495 e. The predicted octanol–water partition coefficient (Wildman–Crippen LogP) is 3.39. The molecule has 2 N–H and O–H groups in total. The summed E-state index contributed by atoms with van der Waals surface area (Å²) >= 11 is 5.16. The largest absolute Gasteiger partial charge is 0.495 e. The van der Waals surface area contributed by atoms with Crippen molar-refractivity contribution < 1.29 is 4.74 Å². The van der Waals surface area contributed by atoms with Crippen LogP contribution in [0.5, 0.6) is 5.75 Å². The second-order valence-electron chi connectivity index (χ2n) is 2.95. The van der Waals surface area contributed by atoms with Crippen LogP contribution in [0.1, 0.15) is 4.88 Å². The van der Waals surface area contributed by atoms with Crippen LogP contribution < -0.4 is 10.5 Å². The zero-order valence-corrected chi connectivity index (χ0v) is 10.1. The maximum Gasteiger partial charge on any atom is 0.141 e. The van der Waals surface area contributed by atoms with Crippen molar-refractivity contribution in [3.05, 3.63) is 23.1 Å². The molecule has 2 rings (SSSR count). The van der Waals surface area contributed by atoms with E-state index in [1.807, 2.05) is 18.2 Å². The maximum absolute atomic E-state index is 5.72. The summed E-state index contributed by atoms with van der Waals surface area (Å²) in [6, 6.07) is 5.89. The van der Waals surface area contributed by atoms with Crippen molar-refractivity contribution >= 4 is 43.0 Å². The van der Waals surface area contributed by atoms with E-state index in [1.54, 1.807) is 18.4 Å². The summed E-state index contributed by atoms with van der Waals surface area (Å²) in [4.78, 5) is 1.20. The fraction of sp³-hybridized carbons (Fsp3) is 0.200. The molecule has 0 amide bonds. The molecule has 0 spiro atoms. The molecule has 74 valence electrons. The molecule has 0 fully saturated rings. The number of benzene rings is 1. The first-order chi connectivity index (χ1) is 6.76. The summed E-state index contributed by atoms with van der Waals surface area (Å²) in [7, 11) is 1.70. The highest BCUT2D eigenvalue weighted by Gasteiger charge is 2.11. The van der Waals surface area contributed by atoms with E-state index in [4.69, 9.17) is 10.5 Å². The van der Waals surface area contributed by atoms with E-state index in [0.29, 0.717) is 0 Å². The zero-order chi connectivity index (χ0) is 10.1. The van der Waals surface area contributed by atoms with E-state index in [1.165, 1.54) is 9.58 Å². The average Bonchev–Trinajstić information content (AvgIpc) is 2.54. The number of nitrogens with two attached hydrogens (primary N) is 1. The molecule has 1 aromatic heterocycles. The summed E-state index contributed by atoms with van der Waals surface area (Å²) in [6.07, 6.45) is 0. The second kappa shape index (κ2) is 3.79. The van der Waals surface area contributed by atoms with Crippen LogP contribution >= 0.6 is 27.3 Å². The first-order valence-corrected chi connectivity index (χ1v) is 6.11. The Hall–Kier alpha value is -0.740. The highest BCUT2D eigenvalue weighted by atomic mass is 79.9. The number of ether oxygens (including phenoxy) is 1. The lowest BCUT2D eigenvalue weighted by Gasteiger charge is -1.99. The normalized spacial score (nSPS) is 10.7. The van der Waals surface area contributed by atoms with Gasteiger partial charge in [-0.2, -0.15) is 0 Å². The number of methoxy groups -OCH3 is 1. The number of nitrogen functional groups attached to an aromatic ring is 1. The Morgan fingerprint density at radius 1 is 1.50 bits per heavy atom. The van der Waals surface area contributed by atoms with Crippen LogP contribution in [0.15, 0.2) is 18.2 Å². The number of hydrogen-bond donors (Lipinski definition) is 1. The first kappa shape index (κ1) is 9.80. The number of fused-ring (bicyclic) bond motifs is 1. The highest BCUT2D eigenvalue weighted by molar-refractivity contribution is 9.08. The summed E-state index contributed by atoms with van der Waals surface area (Å²) in [5.74, 6) is 0.960. The molecule has 0 unspecified atom stereocenters. The van der Waals surface area contributed by atoms with Gasteiger partial charge in [0.15, 0.2) is 0 Å². The van der Waals surface area contributed by atoms with E-state index in [0.717, 1.165) is 22.2 Å². The minimum absolute atomic E-state index is 0.794. The minimum atomic E-state index is 0.794. The molecular weight excluding hydrogens is 262 g/mol. The van der Waals surface area contributed by atoms with Gasteiger partial charge in [0.25, 0.3) is 0 Å². The lowest BCUT2D eigenvalue weighted by molar-refractivity contribution is 0.418. The molecule has 2 aromatic rings. The van der Waals surface area contributed by atoms with E-state index in [9.17, 15) is 0 Å². The molecule has 0 aliphatic heterocycles. The van der Waals surface area contributed by atoms with Crippen LogP contribution in [-0.2, 0) is 5.33 Å². The number of thiophene rings is 1. The topological polar surface area (TPSA) is 35.2 Å². The van der Waals surface area contributed by atoms with E-state index < -0.39 is 0 Å². The molecule has 0 aliphatic carbocycles. The van der Waals surface area contributed by atoms with Crippen molar-refractivity contribution in [1.29, 1.82) is 0 Å². The van der Waals surface area contributed by atoms with Crippen LogP contribution in [0.3, 0.4) is 0 Å². The van der Waals surface area contributed by atoms with Gasteiger partial charge in [-0.3, -0.25) is 0 Å². The fourth-order valence-corrected chi connectivity index (χ4v) is 3.12. The maximum atomic E-state index is 5.72. The molecule has 1 aromatic carbocycles. The number of halogens is 1. The molecule has 0 radical (unpaired) electrons. The van der Waals surface area contributed by atoms with E-state index in [-0.39, 0.29) is 0 Å². The molecular formula is C10H10BrNOS. The SMILES string of the molecule is COc1c(CBr)sc2cc(N)ccc12. The van der Waals surface area contributed by atoms with Crippen LogP contribution in [0.4, 0.5) is 5.69 Å². The van der Waals surface area contributed by atoms with Crippen molar-refractivity contribution in [3.63, 3.8) is 0 Å². The Morgan fingerprint density at radius 3 is 2.93 bits per heavy atom. The Morgan fingerprint density at radius 2 is 2.29 bits per heavy atom. The molecule has 1 heterocycles. The van der Waals surface area contributed by atoms with Crippen molar-refractivity contribution in [1.82, 2.24) is 0 Å². The third kappa shape index (κ3) is 1.48.